The number of hydrogen-bond acceptors (Lipinski definition) is 6. The Morgan fingerprint density at radius 3 is 1.67 bits per heavy atom. The molecule has 2 amide bonds. The van der Waals surface area contributed by atoms with E-state index in [1.807, 2.05) is 27.7 Å². The van der Waals surface area contributed by atoms with Gasteiger partial charge in [-0.25, -0.2) is 0 Å². The predicted molar refractivity (Wildman–Crippen MR) is 102 cm³/mol. The van der Waals surface area contributed by atoms with Gasteiger partial charge in [-0.15, -0.1) is 0 Å². The number of ether oxygens (including phenoxy) is 3. The third kappa shape index (κ3) is 17.7. The standard InChI is InChI=1S/C19H36N2O6/c1-15(2)17(22)5-10-25-13-8-20-18(23)6-11-26-14-9-21-19(24)7-12-27-16(3)4/h15-16H,5-14H2,1-4H3,(H,20,23)(H,21,24). The van der Waals surface area contributed by atoms with Crippen molar-refractivity contribution in [3.63, 3.8) is 0 Å². The Bertz CT molecular complexity index is 426. The molecule has 0 unspecified atom stereocenters. The van der Waals surface area contributed by atoms with Crippen LogP contribution in [0, 0.1) is 5.92 Å². The highest BCUT2D eigenvalue weighted by molar-refractivity contribution is 5.80. The summed E-state index contributed by atoms with van der Waals surface area (Å²) < 4.78 is 15.9. The van der Waals surface area contributed by atoms with Gasteiger partial charge in [0.1, 0.15) is 5.78 Å². The van der Waals surface area contributed by atoms with E-state index in [4.69, 9.17) is 14.2 Å². The summed E-state index contributed by atoms with van der Waals surface area (Å²) in [6.45, 7) is 10.2. The number of hydrogen-bond donors (Lipinski definition) is 2. The number of ketones is 1. The zero-order chi connectivity index (χ0) is 20.5. The van der Waals surface area contributed by atoms with Crippen molar-refractivity contribution in [3.05, 3.63) is 0 Å². The maximum absolute atomic E-state index is 11.6. The summed E-state index contributed by atoms with van der Waals surface area (Å²) in [6.07, 6.45) is 1.10. The van der Waals surface area contributed by atoms with E-state index < -0.39 is 0 Å². The molecule has 8 nitrogen and oxygen atoms in total. The summed E-state index contributed by atoms with van der Waals surface area (Å²) in [4.78, 5) is 34.5. The van der Waals surface area contributed by atoms with Gasteiger partial charge in [0.2, 0.25) is 11.8 Å². The molecule has 0 fully saturated rings. The average Bonchev–Trinajstić information content (AvgIpc) is 2.60. The van der Waals surface area contributed by atoms with Gasteiger partial charge in [-0.1, -0.05) is 13.8 Å². The van der Waals surface area contributed by atoms with Gasteiger partial charge in [0.25, 0.3) is 0 Å². The molecule has 0 radical (unpaired) electrons. The third-order valence-electron chi connectivity index (χ3n) is 3.53. The fraction of sp³-hybridized carbons (Fsp3) is 0.842. The number of amides is 2. The van der Waals surface area contributed by atoms with E-state index in [9.17, 15) is 14.4 Å². The van der Waals surface area contributed by atoms with Crippen LogP contribution in [0.5, 0.6) is 0 Å². The highest BCUT2D eigenvalue weighted by Gasteiger charge is 2.06. The second kappa shape index (κ2) is 16.6. The van der Waals surface area contributed by atoms with Crippen molar-refractivity contribution < 1.29 is 28.6 Å². The SMILES string of the molecule is CC(C)OCCC(=O)NCCOCCC(=O)NCCOCCC(=O)C(C)C. The molecule has 0 saturated carbocycles. The molecule has 0 aliphatic carbocycles. The van der Waals surface area contributed by atoms with Crippen LogP contribution in [0.15, 0.2) is 0 Å². The Kier molecular flexibility index (Phi) is 15.7. The molecule has 0 spiro atoms. The van der Waals surface area contributed by atoms with Crippen LogP contribution in [0.3, 0.4) is 0 Å². The zero-order valence-electron chi connectivity index (χ0n) is 17.2. The van der Waals surface area contributed by atoms with Crippen LogP contribution < -0.4 is 10.6 Å². The fourth-order valence-corrected chi connectivity index (χ4v) is 1.92. The number of nitrogens with one attached hydrogen (secondary N) is 2. The number of rotatable bonds is 17. The van der Waals surface area contributed by atoms with Gasteiger partial charge < -0.3 is 24.8 Å². The smallest absolute Gasteiger partial charge is 0.222 e. The Balaban J connectivity index is 3.39. The molecule has 27 heavy (non-hydrogen) atoms. The van der Waals surface area contributed by atoms with Crippen LogP contribution in [-0.2, 0) is 28.6 Å². The Morgan fingerprint density at radius 1 is 0.704 bits per heavy atom. The Hall–Kier alpha value is -1.51. The van der Waals surface area contributed by atoms with E-state index in [1.165, 1.54) is 0 Å². The molecule has 0 bridgehead atoms. The molecule has 0 aromatic carbocycles. The molecule has 8 heteroatoms. The summed E-state index contributed by atoms with van der Waals surface area (Å²) in [5, 5.41) is 5.45. The minimum Gasteiger partial charge on any atom is -0.379 e. The summed E-state index contributed by atoms with van der Waals surface area (Å²) >= 11 is 0. The second-order valence-electron chi connectivity index (χ2n) is 6.72. The molecule has 0 saturated heterocycles. The van der Waals surface area contributed by atoms with Crippen LogP contribution in [0.1, 0.15) is 47.0 Å². The van der Waals surface area contributed by atoms with Crippen LogP contribution >= 0.6 is 0 Å². The van der Waals surface area contributed by atoms with Crippen molar-refractivity contribution in [2.45, 2.75) is 53.1 Å². The van der Waals surface area contributed by atoms with Crippen LogP contribution in [-0.4, -0.2) is 69.8 Å². The predicted octanol–water partition coefficient (Wildman–Crippen LogP) is 1.07. The van der Waals surface area contributed by atoms with Crippen LogP contribution in [0.25, 0.3) is 0 Å². The van der Waals surface area contributed by atoms with E-state index in [0.29, 0.717) is 59.0 Å². The van der Waals surface area contributed by atoms with Gasteiger partial charge in [-0.3, -0.25) is 14.4 Å². The van der Waals surface area contributed by atoms with Gasteiger partial charge >= 0.3 is 0 Å². The van der Waals surface area contributed by atoms with Crippen molar-refractivity contribution in [3.8, 4) is 0 Å². The van der Waals surface area contributed by atoms with Gasteiger partial charge in [0, 0.05) is 38.3 Å². The molecule has 0 aromatic rings. The van der Waals surface area contributed by atoms with E-state index in [-0.39, 0.29) is 36.0 Å². The minimum absolute atomic E-state index is 0.0283. The maximum Gasteiger partial charge on any atom is 0.222 e. The van der Waals surface area contributed by atoms with Crippen molar-refractivity contribution in [2.24, 2.45) is 5.92 Å². The molecule has 0 atom stereocenters. The molecule has 0 aliphatic rings. The molecular formula is C19H36N2O6. The van der Waals surface area contributed by atoms with E-state index in [0.717, 1.165) is 0 Å². The van der Waals surface area contributed by atoms with E-state index in [1.54, 1.807) is 0 Å². The second-order valence-corrected chi connectivity index (χ2v) is 6.72. The molecule has 2 N–H and O–H groups in total. The van der Waals surface area contributed by atoms with Crippen molar-refractivity contribution in [1.82, 2.24) is 10.6 Å². The first-order valence-corrected chi connectivity index (χ1v) is 9.66. The lowest BCUT2D eigenvalue weighted by molar-refractivity contribution is -0.124. The minimum atomic E-state index is -0.119. The lowest BCUT2D eigenvalue weighted by atomic mass is 10.1. The molecular weight excluding hydrogens is 352 g/mol. The van der Waals surface area contributed by atoms with Crippen LogP contribution in [0.2, 0.25) is 0 Å². The fourth-order valence-electron chi connectivity index (χ4n) is 1.92. The zero-order valence-corrected chi connectivity index (χ0v) is 17.2. The summed E-state index contributed by atoms with van der Waals surface area (Å²) in [5.41, 5.74) is 0. The van der Waals surface area contributed by atoms with Gasteiger partial charge in [0.15, 0.2) is 0 Å². The lowest BCUT2D eigenvalue weighted by Gasteiger charge is -2.09. The first-order chi connectivity index (χ1) is 12.8. The highest BCUT2D eigenvalue weighted by atomic mass is 16.5. The van der Waals surface area contributed by atoms with Crippen LogP contribution in [0.4, 0.5) is 0 Å². The average molecular weight is 389 g/mol. The molecule has 0 aliphatic heterocycles. The van der Waals surface area contributed by atoms with E-state index in [2.05, 4.69) is 10.6 Å². The number of carbonyl (C=O) groups is 3. The van der Waals surface area contributed by atoms with Gasteiger partial charge in [-0.2, -0.15) is 0 Å². The summed E-state index contributed by atoms with van der Waals surface area (Å²) in [5.74, 6) is 0.00981. The largest absolute Gasteiger partial charge is 0.379 e. The van der Waals surface area contributed by atoms with E-state index >= 15 is 0 Å². The molecule has 0 heterocycles. The topological polar surface area (TPSA) is 103 Å². The Morgan fingerprint density at radius 2 is 1.19 bits per heavy atom. The number of carbonyl (C=O) groups excluding carboxylic acids is 3. The Labute approximate surface area is 162 Å². The molecule has 0 rings (SSSR count). The monoisotopic (exact) mass is 388 g/mol. The summed E-state index contributed by atoms with van der Waals surface area (Å²) in [7, 11) is 0. The van der Waals surface area contributed by atoms with Crippen molar-refractivity contribution >= 4 is 17.6 Å². The first kappa shape index (κ1) is 25.5. The number of Topliss-reactive ketones (excluding diaryl/α,β-unsaturated/α-hetero) is 1. The van der Waals surface area contributed by atoms with Crippen molar-refractivity contribution in [1.29, 1.82) is 0 Å². The quantitative estimate of drug-likeness (QED) is 0.361. The highest BCUT2D eigenvalue weighted by Crippen LogP contribution is 1.98. The maximum atomic E-state index is 11.6. The third-order valence-corrected chi connectivity index (χ3v) is 3.53. The molecule has 158 valence electrons. The first-order valence-electron chi connectivity index (χ1n) is 9.66. The summed E-state index contributed by atoms with van der Waals surface area (Å²) in [6, 6.07) is 0. The van der Waals surface area contributed by atoms with Gasteiger partial charge in [-0.05, 0) is 13.8 Å². The molecule has 0 aromatic heterocycles. The lowest BCUT2D eigenvalue weighted by Crippen LogP contribution is -2.30. The normalized spacial score (nSPS) is 11.0. The van der Waals surface area contributed by atoms with Gasteiger partial charge in [0.05, 0.1) is 39.1 Å². The van der Waals surface area contributed by atoms with Crippen molar-refractivity contribution in [2.75, 3.05) is 46.1 Å².